The van der Waals surface area contributed by atoms with Gasteiger partial charge in [-0.05, 0) is 27.2 Å². The minimum Gasteiger partial charge on any atom is -0.391 e. The summed E-state index contributed by atoms with van der Waals surface area (Å²) < 4.78 is 0. The number of rotatable bonds is 3. The van der Waals surface area contributed by atoms with E-state index in [9.17, 15) is 0 Å². The first-order valence-corrected chi connectivity index (χ1v) is 4.98. The second-order valence-corrected chi connectivity index (χ2v) is 4.62. The number of aliphatic hydroxyl groups excluding tert-OH is 1. The summed E-state index contributed by atoms with van der Waals surface area (Å²) in [5.41, 5.74) is -0.0219. The first kappa shape index (κ1) is 10.9. The average molecular weight is 203 g/mol. The van der Waals surface area contributed by atoms with Gasteiger partial charge in [-0.1, -0.05) is 12.2 Å². The number of thiocarbonyl (C=S) groups is 1. The molecule has 1 aliphatic heterocycles. The Labute approximate surface area is 84.6 Å². The van der Waals surface area contributed by atoms with Crippen molar-refractivity contribution in [2.75, 3.05) is 6.61 Å². The first-order chi connectivity index (χ1) is 5.93. The summed E-state index contributed by atoms with van der Waals surface area (Å²) in [6.45, 7) is 6.19. The summed E-state index contributed by atoms with van der Waals surface area (Å²) >= 11 is 5.16. The molecule has 1 saturated heterocycles. The molecule has 1 rings (SSSR count). The molecule has 0 aromatic rings. The predicted molar refractivity (Wildman–Crippen MR) is 55.4 cm³/mol. The highest BCUT2D eigenvalue weighted by molar-refractivity contribution is 7.80. The van der Waals surface area contributed by atoms with Crippen molar-refractivity contribution in [3.8, 4) is 0 Å². The van der Waals surface area contributed by atoms with Crippen molar-refractivity contribution in [1.29, 1.82) is 0 Å². The molecule has 1 atom stereocenters. The van der Waals surface area contributed by atoms with Crippen LogP contribution in [0.15, 0.2) is 0 Å². The fourth-order valence-electron chi connectivity index (χ4n) is 1.38. The lowest BCUT2D eigenvalue weighted by Gasteiger charge is -2.32. The molecule has 13 heavy (non-hydrogen) atoms. The van der Waals surface area contributed by atoms with Crippen LogP contribution in [0.5, 0.6) is 0 Å². The van der Waals surface area contributed by atoms with E-state index in [-0.39, 0.29) is 5.54 Å². The van der Waals surface area contributed by atoms with E-state index in [0.29, 0.717) is 6.61 Å². The van der Waals surface area contributed by atoms with Crippen molar-refractivity contribution < 1.29 is 9.94 Å². The maximum absolute atomic E-state index is 9.07. The average Bonchev–Trinajstić information content (AvgIpc) is 2.23. The van der Waals surface area contributed by atoms with Gasteiger partial charge in [0, 0.05) is 6.42 Å². The van der Waals surface area contributed by atoms with Gasteiger partial charge in [0.25, 0.3) is 0 Å². The van der Waals surface area contributed by atoms with Gasteiger partial charge in [-0.2, -0.15) is 0 Å². The van der Waals surface area contributed by atoms with E-state index in [1.807, 2.05) is 0 Å². The molecule has 0 aromatic carbocycles. The highest BCUT2D eigenvalue weighted by atomic mass is 32.1. The highest BCUT2D eigenvalue weighted by Gasteiger charge is 2.36. The van der Waals surface area contributed by atoms with Crippen LogP contribution in [-0.2, 0) is 4.84 Å². The molecule has 1 fully saturated rings. The molecular formula is C9H17NO2S. The molecule has 0 spiro atoms. The fourth-order valence-corrected chi connectivity index (χ4v) is 1.78. The van der Waals surface area contributed by atoms with Crippen LogP contribution in [0.3, 0.4) is 0 Å². The van der Waals surface area contributed by atoms with E-state index < -0.39 is 6.10 Å². The van der Waals surface area contributed by atoms with Crippen LogP contribution in [0.25, 0.3) is 0 Å². The summed E-state index contributed by atoms with van der Waals surface area (Å²) in [5.74, 6) is 0. The molecule has 0 bridgehead atoms. The molecular weight excluding hydrogens is 186 g/mol. The van der Waals surface area contributed by atoms with E-state index >= 15 is 0 Å². The van der Waals surface area contributed by atoms with Gasteiger partial charge in [-0.15, -0.1) is 0 Å². The molecule has 0 amide bonds. The Morgan fingerprint density at radius 3 is 2.69 bits per heavy atom. The third-order valence-corrected chi connectivity index (χ3v) is 2.54. The van der Waals surface area contributed by atoms with Crippen LogP contribution in [-0.4, -0.2) is 33.4 Å². The maximum Gasteiger partial charge on any atom is 0.104 e. The van der Waals surface area contributed by atoms with Crippen molar-refractivity contribution >= 4 is 17.2 Å². The van der Waals surface area contributed by atoms with Crippen LogP contribution in [0.1, 0.15) is 33.6 Å². The Morgan fingerprint density at radius 2 is 2.31 bits per heavy atom. The minimum atomic E-state index is -0.445. The van der Waals surface area contributed by atoms with Crippen molar-refractivity contribution in [1.82, 2.24) is 5.06 Å². The maximum atomic E-state index is 9.07. The number of nitrogens with zero attached hydrogens (tertiary/aromatic N) is 1. The normalized spacial score (nSPS) is 23.7. The minimum absolute atomic E-state index is 0.0219. The van der Waals surface area contributed by atoms with E-state index in [1.54, 1.807) is 12.0 Å². The Bertz CT molecular complexity index is 204. The Balaban J connectivity index is 2.51. The standard InChI is InChI=1S/C9H17NO2S/c1-7(11)6-12-10-8(13)4-5-9(10,2)3/h7,11H,4-6H2,1-3H3. The molecule has 1 heterocycles. The topological polar surface area (TPSA) is 32.7 Å². The van der Waals surface area contributed by atoms with Gasteiger partial charge in [0.2, 0.25) is 0 Å². The molecule has 76 valence electrons. The monoisotopic (exact) mass is 203 g/mol. The molecule has 0 radical (unpaired) electrons. The smallest absolute Gasteiger partial charge is 0.104 e. The summed E-state index contributed by atoms with van der Waals surface area (Å²) in [6, 6.07) is 0. The molecule has 0 aliphatic carbocycles. The van der Waals surface area contributed by atoms with E-state index in [1.165, 1.54) is 0 Å². The Morgan fingerprint density at radius 1 is 1.69 bits per heavy atom. The number of hydroxylamine groups is 2. The molecule has 1 unspecified atom stereocenters. The van der Waals surface area contributed by atoms with E-state index in [2.05, 4.69) is 13.8 Å². The van der Waals surface area contributed by atoms with Crippen LogP contribution in [0.4, 0.5) is 0 Å². The van der Waals surface area contributed by atoms with Crippen LogP contribution in [0, 0.1) is 0 Å². The molecule has 1 N–H and O–H groups in total. The van der Waals surface area contributed by atoms with Gasteiger partial charge in [0.1, 0.15) is 11.6 Å². The first-order valence-electron chi connectivity index (χ1n) is 4.57. The molecule has 3 nitrogen and oxygen atoms in total. The zero-order valence-corrected chi connectivity index (χ0v) is 9.23. The zero-order chi connectivity index (χ0) is 10.1. The Hall–Kier alpha value is -0.190. The summed E-state index contributed by atoms with van der Waals surface area (Å²) in [6.07, 6.45) is 1.48. The van der Waals surface area contributed by atoms with Crippen molar-refractivity contribution in [2.45, 2.75) is 45.3 Å². The van der Waals surface area contributed by atoms with E-state index in [4.69, 9.17) is 22.2 Å². The van der Waals surface area contributed by atoms with E-state index in [0.717, 1.165) is 17.8 Å². The van der Waals surface area contributed by atoms with Gasteiger partial charge in [0.05, 0.1) is 11.6 Å². The van der Waals surface area contributed by atoms with Gasteiger partial charge < -0.3 is 5.11 Å². The fraction of sp³-hybridized carbons (Fsp3) is 0.889. The third kappa shape index (κ3) is 2.62. The summed E-state index contributed by atoms with van der Waals surface area (Å²) in [5, 5.41) is 10.8. The van der Waals surface area contributed by atoms with Gasteiger partial charge >= 0.3 is 0 Å². The lowest BCUT2D eigenvalue weighted by molar-refractivity contribution is -0.163. The summed E-state index contributed by atoms with van der Waals surface area (Å²) in [7, 11) is 0. The second kappa shape index (κ2) is 3.90. The van der Waals surface area contributed by atoms with Crippen molar-refractivity contribution in [3.63, 3.8) is 0 Å². The SMILES string of the molecule is CC(O)CON1C(=S)CCC1(C)C. The number of aliphatic hydroxyl groups is 1. The second-order valence-electron chi connectivity index (χ2n) is 4.15. The number of hydrogen-bond donors (Lipinski definition) is 1. The lowest BCUT2D eigenvalue weighted by atomic mass is 10.0. The molecule has 1 aliphatic rings. The molecule has 0 saturated carbocycles. The molecule has 0 aromatic heterocycles. The lowest BCUT2D eigenvalue weighted by Crippen LogP contribution is -2.41. The number of hydrogen-bond acceptors (Lipinski definition) is 3. The predicted octanol–water partition coefficient (Wildman–Crippen LogP) is 1.50. The van der Waals surface area contributed by atoms with Gasteiger partial charge in [-0.3, -0.25) is 4.84 Å². The van der Waals surface area contributed by atoms with Gasteiger partial charge in [0.15, 0.2) is 0 Å². The van der Waals surface area contributed by atoms with Crippen LogP contribution in [0.2, 0.25) is 0 Å². The quantitative estimate of drug-likeness (QED) is 0.705. The van der Waals surface area contributed by atoms with Crippen LogP contribution >= 0.6 is 12.2 Å². The van der Waals surface area contributed by atoms with Crippen molar-refractivity contribution in [2.24, 2.45) is 0 Å². The van der Waals surface area contributed by atoms with Gasteiger partial charge in [-0.25, -0.2) is 5.06 Å². The highest BCUT2D eigenvalue weighted by Crippen LogP contribution is 2.30. The largest absolute Gasteiger partial charge is 0.391 e. The zero-order valence-electron chi connectivity index (χ0n) is 8.41. The van der Waals surface area contributed by atoms with Crippen LogP contribution < -0.4 is 0 Å². The summed E-state index contributed by atoms with van der Waals surface area (Å²) in [4.78, 5) is 6.27. The molecule has 4 heteroatoms. The third-order valence-electron chi connectivity index (χ3n) is 2.17. The van der Waals surface area contributed by atoms with Crippen molar-refractivity contribution in [3.05, 3.63) is 0 Å². The Kier molecular flexibility index (Phi) is 3.27.